The molecular weight excluding hydrogens is 493 g/mol. The standard InChI is InChI=1S/C22H37N5S.HI/c1-3-21-19-27(17-18-28-21)22(23-2)24-11-7-8-12-25-13-15-26(16-14-25)20-9-5-4-6-10-20;/h4-6,9-10,21H,3,7-8,11-19H2,1-2H3,(H,23,24);1H. The predicted molar refractivity (Wildman–Crippen MR) is 139 cm³/mol. The van der Waals surface area contributed by atoms with Crippen LogP contribution in [0.1, 0.15) is 26.2 Å². The first kappa shape index (κ1) is 24.6. The smallest absolute Gasteiger partial charge is 0.193 e. The van der Waals surface area contributed by atoms with Gasteiger partial charge in [0.1, 0.15) is 0 Å². The quantitative estimate of drug-likeness (QED) is 0.252. The highest BCUT2D eigenvalue weighted by Gasteiger charge is 2.21. The van der Waals surface area contributed by atoms with Gasteiger partial charge in [0.05, 0.1) is 0 Å². The van der Waals surface area contributed by atoms with Gasteiger partial charge in [0.25, 0.3) is 0 Å². The third-order valence-electron chi connectivity index (χ3n) is 5.78. The van der Waals surface area contributed by atoms with Gasteiger partial charge in [-0.3, -0.25) is 9.89 Å². The Hall–Kier alpha value is -0.670. The van der Waals surface area contributed by atoms with E-state index in [2.05, 4.69) is 74.0 Å². The van der Waals surface area contributed by atoms with Crippen LogP contribution in [0.3, 0.4) is 0 Å². The molecule has 2 fully saturated rings. The molecule has 1 N–H and O–H groups in total. The lowest BCUT2D eigenvalue weighted by atomic mass is 10.2. The van der Waals surface area contributed by atoms with E-state index in [1.807, 2.05) is 7.05 Å². The number of unbranched alkanes of at least 4 members (excludes halogenated alkanes) is 1. The average Bonchev–Trinajstić information content (AvgIpc) is 2.77. The predicted octanol–water partition coefficient (Wildman–Crippen LogP) is 3.61. The first-order valence-corrected chi connectivity index (χ1v) is 11.9. The van der Waals surface area contributed by atoms with Crippen LogP contribution in [-0.2, 0) is 0 Å². The van der Waals surface area contributed by atoms with E-state index in [0.717, 1.165) is 43.9 Å². The number of anilines is 1. The normalized spacial score (nSPS) is 21.0. The van der Waals surface area contributed by atoms with E-state index >= 15 is 0 Å². The summed E-state index contributed by atoms with van der Waals surface area (Å²) in [5.41, 5.74) is 1.36. The zero-order valence-electron chi connectivity index (χ0n) is 18.1. The molecule has 2 aliphatic rings. The Labute approximate surface area is 198 Å². The number of guanidine groups is 1. The maximum atomic E-state index is 4.51. The maximum Gasteiger partial charge on any atom is 0.193 e. The fourth-order valence-electron chi connectivity index (χ4n) is 4.02. The van der Waals surface area contributed by atoms with Crippen LogP contribution in [0.2, 0.25) is 0 Å². The molecule has 5 nitrogen and oxygen atoms in total. The van der Waals surface area contributed by atoms with E-state index in [1.54, 1.807) is 0 Å². The molecule has 1 aromatic carbocycles. The van der Waals surface area contributed by atoms with Gasteiger partial charge < -0.3 is 15.1 Å². The summed E-state index contributed by atoms with van der Waals surface area (Å²) < 4.78 is 0. The first-order chi connectivity index (χ1) is 13.8. The molecular formula is C22H38IN5S. The third-order valence-corrected chi connectivity index (χ3v) is 7.16. The second kappa shape index (κ2) is 13.6. The van der Waals surface area contributed by atoms with E-state index in [4.69, 9.17) is 0 Å². The van der Waals surface area contributed by atoms with Gasteiger partial charge >= 0.3 is 0 Å². The second-order valence-corrected chi connectivity index (χ2v) is 9.10. The number of aliphatic imine (C=N–C) groups is 1. The molecule has 0 bridgehead atoms. The molecule has 1 atom stereocenters. The van der Waals surface area contributed by atoms with Crippen molar-refractivity contribution in [3.63, 3.8) is 0 Å². The fourth-order valence-corrected chi connectivity index (χ4v) is 5.20. The van der Waals surface area contributed by atoms with Gasteiger partial charge in [-0.15, -0.1) is 24.0 Å². The van der Waals surface area contributed by atoms with Crippen molar-refractivity contribution in [1.82, 2.24) is 15.1 Å². The van der Waals surface area contributed by atoms with Crippen LogP contribution in [0, 0.1) is 0 Å². The van der Waals surface area contributed by atoms with Crippen LogP contribution in [-0.4, -0.2) is 86.2 Å². The SMILES string of the molecule is CCC1CN(C(=NC)NCCCCN2CCN(c3ccccc3)CC2)CCS1.I. The average molecular weight is 532 g/mol. The van der Waals surface area contributed by atoms with Crippen molar-refractivity contribution in [3.8, 4) is 0 Å². The van der Waals surface area contributed by atoms with Crippen LogP contribution in [0.4, 0.5) is 5.69 Å². The lowest BCUT2D eigenvalue weighted by molar-refractivity contribution is 0.253. The molecule has 0 spiro atoms. The summed E-state index contributed by atoms with van der Waals surface area (Å²) in [5.74, 6) is 2.31. The highest BCUT2D eigenvalue weighted by Crippen LogP contribution is 2.21. The van der Waals surface area contributed by atoms with Gasteiger partial charge in [0.2, 0.25) is 0 Å². The topological polar surface area (TPSA) is 34.1 Å². The molecule has 2 aliphatic heterocycles. The minimum atomic E-state index is 0. The van der Waals surface area contributed by atoms with Crippen LogP contribution in [0.5, 0.6) is 0 Å². The molecule has 0 amide bonds. The number of rotatable bonds is 7. The van der Waals surface area contributed by atoms with Crippen molar-refractivity contribution < 1.29 is 0 Å². The summed E-state index contributed by atoms with van der Waals surface area (Å²) >= 11 is 2.11. The minimum Gasteiger partial charge on any atom is -0.369 e. The fraction of sp³-hybridized carbons (Fsp3) is 0.682. The van der Waals surface area contributed by atoms with Crippen molar-refractivity contribution in [2.75, 3.05) is 70.1 Å². The first-order valence-electron chi connectivity index (χ1n) is 10.9. The number of benzene rings is 1. The molecule has 29 heavy (non-hydrogen) atoms. The van der Waals surface area contributed by atoms with Crippen molar-refractivity contribution in [2.24, 2.45) is 4.99 Å². The Morgan fingerprint density at radius 1 is 1.10 bits per heavy atom. The summed E-state index contributed by atoms with van der Waals surface area (Å²) in [4.78, 5) is 12.1. The van der Waals surface area contributed by atoms with Gasteiger partial charge in [0, 0.05) is 69.6 Å². The van der Waals surface area contributed by atoms with Crippen molar-refractivity contribution in [2.45, 2.75) is 31.4 Å². The number of hydrogen-bond acceptors (Lipinski definition) is 4. The highest BCUT2D eigenvalue weighted by molar-refractivity contribution is 14.0. The molecule has 3 rings (SSSR count). The molecule has 0 radical (unpaired) electrons. The number of nitrogens with one attached hydrogen (secondary N) is 1. The van der Waals surface area contributed by atoms with Crippen molar-refractivity contribution in [3.05, 3.63) is 30.3 Å². The molecule has 0 saturated carbocycles. The van der Waals surface area contributed by atoms with Crippen molar-refractivity contribution >= 4 is 47.4 Å². The number of thioether (sulfide) groups is 1. The van der Waals surface area contributed by atoms with E-state index in [1.165, 1.54) is 50.3 Å². The molecule has 164 valence electrons. The van der Waals surface area contributed by atoms with Gasteiger partial charge in [-0.1, -0.05) is 25.1 Å². The van der Waals surface area contributed by atoms with Gasteiger partial charge in [0.15, 0.2) is 5.96 Å². The molecule has 2 heterocycles. The summed E-state index contributed by atoms with van der Waals surface area (Å²) in [7, 11) is 1.91. The van der Waals surface area contributed by atoms with Crippen LogP contribution in [0.15, 0.2) is 35.3 Å². The van der Waals surface area contributed by atoms with Crippen LogP contribution >= 0.6 is 35.7 Å². The lowest BCUT2D eigenvalue weighted by Gasteiger charge is -2.36. The Bertz CT molecular complexity index is 592. The summed E-state index contributed by atoms with van der Waals surface area (Å²) in [5, 5.41) is 4.34. The van der Waals surface area contributed by atoms with E-state index in [-0.39, 0.29) is 24.0 Å². The number of hydrogen-bond donors (Lipinski definition) is 1. The largest absolute Gasteiger partial charge is 0.369 e. The van der Waals surface area contributed by atoms with Crippen LogP contribution in [0.25, 0.3) is 0 Å². The zero-order chi connectivity index (χ0) is 19.6. The Kier molecular flexibility index (Phi) is 11.5. The van der Waals surface area contributed by atoms with E-state index in [0.29, 0.717) is 0 Å². The van der Waals surface area contributed by atoms with Gasteiger partial charge in [-0.2, -0.15) is 11.8 Å². The van der Waals surface area contributed by atoms with E-state index in [9.17, 15) is 0 Å². The summed E-state index contributed by atoms with van der Waals surface area (Å²) in [6, 6.07) is 10.8. The second-order valence-electron chi connectivity index (χ2n) is 7.69. The molecule has 1 aromatic rings. The minimum absolute atomic E-state index is 0. The lowest BCUT2D eigenvalue weighted by Crippen LogP contribution is -2.48. The van der Waals surface area contributed by atoms with Crippen molar-refractivity contribution in [1.29, 1.82) is 0 Å². The van der Waals surface area contributed by atoms with Crippen LogP contribution < -0.4 is 10.2 Å². The Morgan fingerprint density at radius 2 is 1.86 bits per heavy atom. The summed E-state index contributed by atoms with van der Waals surface area (Å²) in [6.45, 7) is 11.4. The number of para-hydroxylation sites is 1. The molecule has 0 aliphatic carbocycles. The highest BCUT2D eigenvalue weighted by atomic mass is 127. The molecule has 2 saturated heterocycles. The molecule has 7 heteroatoms. The number of halogens is 1. The number of piperazine rings is 1. The molecule has 1 unspecified atom stereocenters. The number of nitrogens with zero attached hydrogens (tertiary/aromatic N) is 4. The molecule has 0 aromatic heterocycles. The van der Waals surface area contributed by atoms with Gasteiger partial charge in [-0.25, -0.2) is 0 Å². The Morgan fingerprint density at radius 3 is 2.55 bits per heavy atom. The van der Waals surface area contributed by atoms with Gasteiger partial charge in [-0.05, 0) is 37.9 Å². The maximum absolute atomic E-state index is 4.51. The summed E-state index contributed by atoms with van der Waals surface area (Å²) in [6.07, 6.45) is 3.70. The monoisotopic (exact) mass is 531 g/mol. The Balaban J connectivity index is 0.00000300. The zero-order valence-corrected chi connectivity index (χ0v) is 21.2. The van der Waals surface area contributed by atoms with E-state index < -0.39 is 0 Å². The third kappa shape index (κ3) is 7.83.